The molecule has 0 radical (unpaired) electrons. The minimum absolute atomic E-state index is 0.0657. The molecule has 1 aliphatic heterocycles. The quantitative estimate of drug-likeness (QED) is 0.795. The molecule has 2 aliphatic rings. The zero-order valence-corrected chi connectivity index (χ0v) is 16.5. The molecule has 4 rings (SSSR count). The Morgan fingerprint density at radius 3 is 2.25 bits per heavy atom. The van der Waals surface area contributed by atoms with Crippen LogP contribution in [0.4, 0.5) is 0 Å². The first-order valence-electron chi connectivity index (χ1n) is 10.3. The van der Waals surface area contributed by atoms with Crippen molar-refractivity contribution in [2.45, 2.75) is 32.1 Å². The van der Waals surface area contributed by atoms with E-state index in [2.05, 4.69) is 24.3 Å². The highest BCUT2D eigenvalue weighted by Gasteiger charge is 2.35. The molecule has 1 unspecified atom stereocenters. The Balaban J connectivity index is 1.34. The maximum atomic E-state index is 12.9. The lowest BCUT2D eigenvalue weighted by molar-refractivity contribution is -0.133. The minimum atomic E-state index is 0.0657. The standard InChI is InChI=1S/C24H28N2O2/c1-18-6-5-9-21(16-18)24(28)26-14-12-25(13-15-26)23(27)17-22(20-10-11-20)19-7-3-2-4-8-19/h2-9,16,20,22H,10-15,17H2,1H3. The highest BCUT2D eigenvalue weighted by atomic mass is 16.2. The SMILES string of the molecule is Cc1cccc(C(=O)N2CCN(C(=O)CC(c3ccccc3)C3CC3)CC2)c1. The second-order valence-electron chi connectivity index (χ2n) is 8.10. The topological polar surface area (TPSA) is 40.6 Å². The van der Waals surface area contributed by atoms with Crippen LogP contribution in [0.2, 0.25) is 0 Å². The number of hydrogen-bond acceptors (Lipinski definition) is 2. The van der Waals surface area contributed by atoms with Gasteiger partial charge in [0.05, 0.1) is 0 Å². The molecule has 0 N–H and O–H groups in total. The van der Waals surface area contributed by atoms with Crippen molar-refractivity contribution < 1.29 is 9.59 Å². The van der Waals surface area contributed by atoms with Crippen LogP contribution in [0, 0.1) is 12.8 Å². The number of carbonyl (C=O) groups excluding carboxylic acids is 2. The lowest BCUT2D eigenvalue weighted by Crippen LogP contribution is -2.50. The van der Waals surface area contributed by atoms with Crippen LogP contribution in [0.15, 0.2) is 54.6 Å². The third kappa shape index (κ3) is 4.27. The summed E-state index contributed by atoms with van der Waals surface area (Å²) < 4.78 is 0. The van der Waals surface area contributed by atoms with Crippen LogP contribution in [0.1, 0.15) is 46.7 Å². The Bertz CT molecular complexity index is 837. The largest absolute Gasteiger partial charge is 0.339 e. The average Bonchev–Trinajstić information content (AvgIpc) is 3.57. The van der Waals surface area contributed by atoms with Gasteiger partial charge in [0, 0.05) is 38.2 Å². The second kappa shape index (κ2) is 8.17. The molecular formula is C24H28N2O2. The van der Waals surface area contributed by atoms with Crippen molar-refractivity contribution in [2.24, 2.45) is 5.92 Å². The van der Waals surface area contributed by atoms with Gasteiger partial charge in [-0.1, -0.05) is 48.0 Å². The van der Waals surface area contributed by atoms with E-state index in [1.54, 1.807) is 0 Å². The lowest BCUT2D eigenvalue weighted by Gasteiger charge is -2.35. The van der Waals surface area contributed by atoms with E-state index in [-0.39, 0.29) is 11.8 Å². The first-order valence-corrected chi connectivity index (χ1v) is 10.3. The summed E-state index contributed by atoms with van der Waals surface area (Å²) in [6.07, 6.45) is 3.04. The molecule has 2 amide bonds. The molecule has 1 saturated heterocycles. The van der Waals surface area contributed by atoms with Crippen LogP contribution in [0.5, 0.6) is 0 Å². The molecule has 0 spiro atoms. The molecule has 1 saturated carbocycles. The van der Waals surface area contributed by atoms with Crippen LogP contribution < -0.4 is 0 Å². The smallest absolute Gasteiger partial charge is 0.253 e. The van der Waals surface area contributed by atoms with Crippen molar-refractivity contribution in [3.8, 4) is 0 Å². The Labute approximate surface area is 167 Å². The fourth-order valence-electron chi connectivity index (χ4n) is 4.19. The molecule has 2 aromatic rings. The zero-order valence-electron chi connectivity index (χ0n) is 16.5. The van der Waals surface area contributed by atoms with Gasteiger partial charge in [-0.25, -0.2) is 0 Å². The number of nitrogens with zero attached hydrogens (tertiary/aromatic N) is 2. The molecule has 1 aliphatic carbocycles. The van der Waals surface area contributed by atoms with Gasteiger partial charge in [0.2, 0.25) is 5.91 Å². The van der Waals surface area contributed by atoms with E-state index in [4.69, 9.17) is 0 Å². The Morgan fingerprint density at radius 2 is 1.61 bits per heavy atom. The number of rotatable bonds is 5. The predicted molar refractivity (Wildman–Crippen MR) is 110 cm³/mol. The number of piperazine rings is 1. The molecule has 2 fully saturated rings. The molecule has 146 valence electrons. The number of aryl methyl sites for hydroxylation is 1. The van der Waals surface area contributed by atoms with Gasteiger partial charge >= 0.3 is 0 Å². The molecule has 1 heterocycles. The van der Waals surface area contributed by atoms with E-state index >= 15 is 0 Å². The maximum absolute atomic E-state index is 12.9. The summed E-state index contributed by atoms with van der Waals surface area (Å²) in [5.74, 6) is 1.27. The average molecular weight is 377 g/mol. The van der Waals surface area contributed by atoms with Gasteiger partial charge in [0.25, 0.3) is 5.91 Å². The molecule has 0 aromatic heterocycles. The summed E-state index contributed by atoms with van der Waals surface area (Å²) in [5.41, 5.74) is 3.11. The van der Waals surface area contributed by atoms with Crippen molar-refractivity contribution in [3.63, 3.8) is 0 Å². The Hall–Kier alpha value is -2.62. The minimum Gasteiger partial charge on any atom is -0.339 e. The predicted octanol–water partition coefficient (Wildman–Crippen LogP) is 3.86. The van der Waals surface area contributed by atoms with Crippen molar-refractivity contribution in [3.05, 3.63) is 71.3 Å². The van der Waals surface area contributed by atoms with Crippen LogP contribution >= 0.6 is 0 Å². The van der Waals surface area contributed by atoms with Gasteiger partial charge in [-0.2, -0.15) is 0 Å². The molecule has 0 bridgehead atoms. The van der Waals surface area contributed by atoms with Crippen molar-refractivity contribution in [2.75, 3.05) is 26.2 Å². The third-order valence-corrected chi connectivity index (χ3v) is 6.00. The Morgan fingerprint density at radius 1 is 0.929 bits per heavy atom. The van der Waals surface area contributed by atoms with E-state index in [9.17, 15) is 9.59 Å². The van der Waals surface area contributed by atoms with Crippen LogP contribution in [-0.2, 0) is 4.79 Å². The number of amides is 2. The van der Waals surface area contributed by atoms with Crippen molar-refractivity contribution >= 4 is 11.8 Å². The first kappa shape index (κ1) is 18.7. The molecule has 28 heavy (non-hydrogen) atoms. The summed E-state index contributed by atoms with van der Waals surface area (Å²) in [4.78, 5) is 29.5. The highest BCUT2D eigenvalue weighted by molar-refractivity contribution is 5.94. The van der Waals surface area contributed by atoms with E-state index in [1.807, 2.05) is 47.1 Å². The fourth-order valence-corrected chi connectivity index (χ4v) is 4.19. The monoisotopic (exact) mass is 376 g/mol. The van der Waals surface area contributed by atoms with Crippen molar-refractivity contribution in [1.29, 1.82) is 0 Å². The van der Waals surface area contributed by atoms with Crippen molar-refractivity contribution in [1.82, 2.24) is 9.80 Å². The molecule has 1 atom stereocenters. The summed E-state index contributed by atoms with van der Waals surface area (Å²) in [5, 5.41) is 0. The number of carbonyl (C=O) groups is 2. The van der Waals surface area contributed by atoms with Gasteiger partial charge in [-0.05, 0) is 49.3 Å². The zero-order chi connectivity index (χ0) is 19.5. The van der Waals surface area contributed by atoms with Gasteiger partial charge in [-0.3, -0.25) is 9.59 Å². The first-order chi connectivity index (χ1) is 13.6. The molecule has 4 nitrogen and oxygen atoms in total. The number of hydrogen-bond donors (Lipinski definition) is 0. The van der Waals surface area contributed by atoms with Crippen LogP contribution in [-0.4, -0.2) is 47.8 Å². The summed E-state index contributed by atoms with van der Waals surface area (Å²) in [6.45, 7) is 4.47. The summed E-state index contributed by atoms with van der Waals surface area (Å²) >= 11 is 0. The summed E-state index contributed by atoms with van der Waals surface area (Å²) in [7, 11) is 0. The number of benzene rings is 2. The normalized spacial score (nSPS) is 18.0. The molecule has 4 heteroatoms. The fraction of sp³-hybridized carbons (Fsp3) is 0.417. The Kier molecular flexibility index (Phi) is 5.47. The highest BCUT2D eigenvalue weighted by Crippen LogP contribution is 2.44. The van der Waals surface area contributed by atoms with Gasteiger partial charge < -0.3 is 9.80 Å². The van der Waals surface area contributed by atoms with E-state index in [0.717, 1.165) is 11.1 Å². The molecule has 2 aromatic carbocycles. The van der Waals surface area contributed by atoms with E-state index < -0.39 is 0 Å². The summed E-state index contributed by atoms with van der Waals surface area (Å²) in [6, 6.07) is 18.2. The second-order valence-corrected chi connectivity index (χ2v) is 8.10. The lowest BCUT2D eigenvalue weighted by atomic mass is 9.90. The molecular weight excluding hydrogens is 348 g/mol. The van der Waals surface area contributed by atoms with E-state index in [0.29, 0.717) is 44.4 Å². The third-order valence-electron chi connectivity index (χ3n) is 6.00. The van der Waals surface area contributed by atoms with Gasteiger partial charge in [0.1, 0.15) is 0 Å². The van der Waals surface area contributed by atoms with Crippen LogP contribution in [0.3, 0.4) is 0 Å². The maximum Gasteiger partial charge on any atom is 0.253 e. The van der Waals surface area contributed by atoms with E-state index in [1.165, 1.54) is 18.4 Å². The van der Waals surface area contributed by atoms with Gasteiger partial charge in [-0.15, -0.1) is 0 Å². The van der Waals surface area contributed by atoms with Gasteiger partial charge in [0.15, 0.2) is 0 Å². The van der Waals surface area contributed by atoms with Crippen LogP contribution in [0.25, 0.3) is 0 Å².